The maximum absolute atomic E-state index is 4.94. The van der Waals surface area contributed by atoms with Crippen molar-refractivity contribution in [1.82, 2.24) is 10.3 Å². The number of thioether (sulfide) groups is 1. The lowest BCUT2D eigenvalue weighted by molar-refractivity contribution is 0.508. The second-order valence-corrected chi connectivity index (χ2v) is 7.92. The van der Waals surface area contributed by atoms with Gasteiger partial charge >= 0.3 is 0 Å². The molecule has 2 nitrogen and oxygen atoms in total. The van der Waals surface area contributed by atoms with Crippen LogP contribution in [-0.2, 0) is 12.2 Å². The van der Waals surface area contributed by atoms with Crippen LogP contribution in [0.4, 0.5) is 0 Å². The van der Waals surface area contributed by atoms with E-state index in [2.05, 4.69) is 26.1 Å². The Bertz CT molecular complexity index is 387. The zero-order valence-electron chi connectivity index (χ0n) is 12.4. The predicted octanol–water partition coefficient (Wildman–Crippen LogP) is 4.06. The van der Waals surface area contributed by atoms with Crippen molar-refractivity contribution >= 4 is 23.1 Å². The molecule has 0 aromatic carbocycles. The Labute approximate surface area is 125 Å². The number of aromatic nitrogens is 1. The van der Waals surface area contributed by atoms with Gasteiger partial charge in [-0.2, -0.15) is 11.8 Å². The molecule has 1 aromatic rings. The van der Waals surface area contributed by atoms with E-state index in [-0.39, 0.29) is 0 Å². The van der Waals surface area contributed by atoms with Crippen molar-refractivity contribution in [3.05, 3.63) is 15.6 Å². The van der Waals surface area contributed by atoms with Gasteiger partial charge in [-0.3, -0.25) is 0 Å². The molecule has 0 bridgehead atoms. The summed E-state index contributed by atoms with van der Waals surface area (Å²) < 4.78 is 0. The second kappa shape index (κ2) is 7.65. The Morgan fingerprint density at radius 2 is 2.32 bits per heavy atom. The Morgan fingerprint density at radius 1 is 1.47 bits per heavy atom. The number of nitrogens with one attached hydrogen (secondary N) is 1. The summed E-state index contributed by atoms with van der Waals surface area (Å²) in [6, 6.07) is 0. The third-order valence-corrected chi connectivity index (χ3v) is 6.13. The van der Waals surface area contributed by atoms with Gasteiger partial charge in [0, 0.05) is 23.1 Å². The Morgan fingerprint density at radius 3 is 3.05 bits per heavy atom. The van der Waals surface area contributed by atoms with Crippen LogP contribution in [0.2, 0.25) is 0 Å². The molecule has 108 valence electrons. The third-order valence-electron chi connectivity index (χ3n) is 3.43. The Hall–Kier alpha value is -0.0600. The van der Waals surface area contributed by atoms with Crippen LogP contribution in [0.1, 0.15) is 55.1 Å². The monoisotopic (exact) mass is 298 g/mol. The quantitative estimate of drug-likeness (QED) is 0.821. The number of aryl methyl sites for hydroxylation is 1. The first-order valence-electron chi connectivity index (χ1n) is 7.47. The number of thiazole rings is 1. The average Bonchev–Trinajstić information content (AvgIpc) is 2.79. The maximum atomic E-state index is 4.94. The summed E-state index contributed by atoms with van der Waals surface area (Å²) in [6.45, 7) is 8.91. The van der Waals surface area contributed by atoms with Gasteiger partial charge in [0.05, 0.1) is 5.69 Å². The Balaban J connectivity index is 1.95. The van der Waals surface area contributed by atoms with Gasteiger partial charge in [-0.05, 0) is 37.5 Å². The van der Waals surface area contributed by atoms with Crippen LogP contribution in [-0.4, -0.2) is 23.8 Å². The van der Waals surface area contributed by atoms with E-state index in [1.165, 1.54) is 35.7 Å². The molecule has 0 aliphatic heterocycles. The lowest BCUT2D eigenvalue weighted by Crippen LogP contribution is -2.24. The number of hydrogen-bond acceptors (Lipinski definition) is 4. The highest BCUT2D eigenvalue weighted by Gasteiger charge is 2.24. The van der Waals surface area contributed by atoms with E-state index in [1.54, 1.807) is 4.88 Å². The highest BCUT2D eigenvalue weighted by molar-refractivity contribution is 7.98. The zero-order chi connectivity index (χ0) is 13.7. The van der Waals surface area contributed by atoms with E-state index in [0.29, 0.717) is 5.92 Å². The summed E-state index contributed by atoms with van der Waals surface area (Å²) in [5.41, 5.74) is 1.41. The van der Waals surface area contributed by atoms with Gasteiger partial charge in [-0.15, -0.1) is 11.3 Å². The molecule has 0 radical (unpaired) electrons. The minimum absolute atomic E-state index is 0.656. The summed E-state index contributed by atoms with van der Waals surface area (Å²) in [5.74, 6) is 3.78. The Kier molecular flexibility index (Phi) is 6.17. The molecular formula is C15H26N2S2. The van der Waals surface area contributed by atoms with Crippen LogP contribution in [0.25, 0.3) is 0 Å². The molecule has 0 spiro atoms. The number of likely N-dealkylation sites (N-methyl/N-ethyl adjacent to an activating group) is 1. The van der Waals surface area contributed by atoms with Crippen LogP contribution in [0.3, 0.4) is 0 Å². The van der Waals surface area contributed by atoms with E-state index in [0.717, 1.165) is 24.8 Å². The molecule has 4 heteroatoms. The topological polar surface area (TPSA) is 24.9 Å². The van der Waals surface area contributed by atoms with Gasteiger partial charge in [0.2, 0.25) is 0 Å². The van der Waals surface area contributed by atoms with Crippen molar-refractivity contribution in [2.24, 2.45) is 5.92 Å². The van der Waals surface area contributed by atoms with Crippen molar-refractivity contribution in [1.29, 1.82) is 0 Å². The average molecular weight is 299 g/mol. The normalized spacial score (nSPS) is 18.8. The fourth-order valence-corrected chi connectivity index (χ4v) is 4.82. The lowest BCUT2D eigenvalue weighted by Gasteiger charge is -2.21. The molecule has 1 aliphatic rings. The van der Waals surface area contributed by atoms with Crippen molar-refractivity contribution in [2.45, 2.75) is 51.7 Å². The molecule has 1 unspecified atom stereocenters. The molecule has 1 aromatic heterocycles. The number of rotatable bonds is 7. The van der Waals surface area contributed by atoms with Gasteiger partial charge in [0.1, 0.15) is 5.01 Å². The molecule has 0 amide bonds. The van der Waals surface area contributed by atoms with E-state index in [4.69, 9.17) is 4.98 Å². The molecule has 19 heavy (non-hydrogen) atoms. The van der Waals surface area contributed by atoms with E-state index < -0.39 is 0 Å². The lowest BCUT2D eigenvalue weighted by atomic mass is 9.91. The molecular weight excluding hydrogens is 272 g/mol. The van der Waals surface area contributed by atoms with Crippen LogP contribution in [0.15, 0.2) is 0 Å². The van der Waals surface area contributed by atoms with Crippen molar-refractivity contribution in [2.75, 3.05) is 18.8 Å². The van der Waals surface area contributed by atoms with E-state index >= 15 is 0 Å². The van der Waals surface area contributed by atoms with Gasteiger partial charge in [-0.1, -0.05) is 20.8 Å². The molecule has 2 rings (SSSR count). The smallest absolute Gasteiger partial charge is 0.103 e. The number of hydrogen-bond donors (Lipinski definition) is 1. The highest BCUT2D eigenvalue weighted by atomic mass is 32.2. The number of nitrogens with zero attached hydrogens (tertiary/aromatic N) is 1. The first-order valence-corrected chi connectivity index (χ1v) is 9.44. The molecule has 0 fully saturated rings. The molecule has 1 atom stereocenters. The summed E-state index contributed by atoms with van der Waals surface area (Å²) in [6.07, 6.45) is 3.90. The molecule has 1 aliphatic carbocycles. The fraction of sp³-hybridized carbons (Fsp3) is 0.800. The molecule has 1 heterocycles. The largest absolute Gasteiger partial charge is 0.316 e. The van der Waals surface area contributed by atoms with Crippen LogP contribution in [0.5, 0.6) is 0 Å². The van der Waals surface area contributed by atoms with Gasteiger partial charge < -0.3 is 5.32 Å². The van der Waals surface area contributed by atoms with Gasteiger partial charge in [0.15, 0.2) is 0 Å². The van der Waals surface area contributed by atoms with Gasteiger partial charge in [-0.25, -0.2) is 4.98 Å². The SMILES string of the molecule is CCNCC1CCCc2sc(CSCC(C)C)nc21. The standard InChI is InChI=1S/C15H26N2S2/c1-4-16-8-12-6-5-7-13-15(12)17-14(19-13)10-18-9-11(2)3/h11-12,16H,4-10H2,1-3H3. The summed E-state index contributed by atoms with van der Waals surface area (Å²) in [4.78, 5) is 6.50. The zero-order valence-corrected chi connectivity index (χ0v) is 14.0. The van der Waals surface area contributed by atoms with Crippen LogP contribution in [0, 0.1) is 5.92 Å². The summed E-state index contributed by atoms with van der Waals surface area (Å²) >= 11 is 3.99. The van der Waals surface area contributed by atoms with Crippen LogP contribution < -0.4 is 5.32 Å². The predicted molar refractivity (Wildman–Crippen MR) is 87.3 cm³/mol. The van der Waals surface area contributed by atoms with Crippen molar-refractivity contribution in [3.8, 4) is 0 Å². The highest BCUT2D eigenvalue weighted by Crippen LogP contribution is 2.35. The maximum Gasteiger partial charge on any atom is 0.103 e. The summed E-state index contributed by atoms with van der Waals surface area (Å²) in [5, 5.41) is 4.83. The van der Waals surface area contributed by atoms with Crippen molar-refractivity contribution in [3.63, 3.8) is 0 Å². The molecule has 1 N–H and O–H groups in total. The van der Waals surface area contributed by atoms with Crippen molar-refractivity contribution < 1.29 is 0 Å². The minimum atomic E-state index is 0.656. The fourth-order valence-electron chi connectivity index (χ4n) is 2.52. The number of fused-ring (bicyclic) bond motifs is 1. The summed E-state index contributed by atoms with van der Waals surface area (Å²) in [7, 11) is 0. The van der Waals surface area contributed by atoms with E-state index in [9.17, 15) is 0 Å². The first kappa shape index (κ1) is 15.3. The third kappa shape index (κ3) is 4.47. The molecule has 0 saturated carbocycles. The second-order valence-electron chi connectivity index (χ2n) is 5.72. The van der Waals surface area contributed by atoms with Gasteiger partial charge in [0.25, 0.3) is 0 Å². The van der Waals surface area contributed by atoms with E-state index in [1.807, 2.05) is 23.1 Å². The molecule has 0 saturated heterocycles. The van der Waals surface area contributed by atoms with Crippen LogP contribution >= 0.6 is 23.1 Å². The first-order chi connectivity index (χ1) is 9.20. The minimum Gasteiger partial charge on any atom is -0.316 e.